The van der Waals surface area contributed by atoms with Crippen LogP contribution in [0.25, 0.3) is 0 Å². The smallest absolute Gasteiger partial charge is 0.123 e. The maximum absolute atomic E-state index is 13.0. The molecule has 0 N–H and O–H groups in total. The van der Waals surface area contributed by atoms with Crippen molar-refractivity contribution in [2.75, 3.05) is 31.1 Å². The van der Waals surface area contributed by atoms with Crippen LogP contribution < -0.4 is 4.90 Å². The van der Waals surface area contributed by atoms with Crippen molar-refractivity contribution in [2.45, 2.75) is 6.54 Å². The average Bonchev–Trinajstić information content (AvgIpc) is 2.53. The van der Waals surface area contributed by atoms with Gasteiger partial charge in [-0.2, -0.15) is 0 Å². The monoisotopic (exact) mass is 338 g/mol. The van der Waals surface area contributed by atoms with Crippen LogP contribution in [0, 0.1) is 5.82 Å². The first-order chi connectivity index (χ1) is 10.6. The fourth-order valence-electron chi connectivity index (χ4n) is 2.71. The molecule has 0 amide bonds. The fourth-order valence-corrected chi connectivity index (χ4v) is 3.03. The maximum atomic E-state index is 13.0. The lowest BCUT2D eigenvalue weighted by atomic mass is 10.2. The zero-order valence-corrected chi connectivity index (χ0v) is 13.6. The summed E-state index contributed by atoms with van der Waals surface area (Å²) in [5.41, 5.74) is 2.25. The van der Waals surface area contributed by atoms with Crippen LogP contribution in [0.4, 0.5) is 10.1 Å². The summed E-state index contributed by atoms with van der Waals surface area (Å²) in [6.07, 6.45) is 0. The van der Waals surface area contributed by atoms with Crippen molar-refractivity contribution >= 4 is 28.9 Å². The number of anilines is 1. The van der Waals surface area contributed by atoms with Gasteiger partial charge >= 0.3 is 0 Å². The van der Waals surface area contributed by atoms with Gasteiger partial charge < -0.3 is 4.90 Å². The van der Waals surface area contributed by atoms with Crippen LogP contribution in [-0.2, 0) is 6.54 Å². The summed E-state index contributed by atoms with van der Waals surface area (Å²) < 4.78 is 13.0. The number of rotatable bonds is 3. The molecule has 1 aliphatic heterocycles. The van der Waals surface area contributed by atoms with Gasteiger partial charge in [-0.05, 0) is 42.0 Å². The van der Waals surface area contributed by atoms with E-state index in [1.807, 2.05) is 30.3 Å². The zero-order chi connectivity index (χ0) is 15.5. The molecule has 0 radical (unpaired) electrons. The largest absolute Gasteiger partial charge is 0.369 e. The van der Waals surface area contributed by atoms with E-state index in [0.717, 1.165) is 38.4 Å². The molecule has 0 aliphatic carbocycles. The van der Waals surface area contributed by atoms with Gasteiger partial charge in [-0.1, -0.05) is 29.3 Å². The summed E-state index contributed by atoms with van der Waals surface area (Å²) >= 11 is 12.0. The number of hydrogen-bond acceptors (Lipinski definition) is 2. The molecule has 1 fully saturated rings. The summed E-state index contributed by atoms with van der Waals surface area (Å²) in [4.78, 5) is 4.67. The van der Waals surface area contributed by atoms with E-state index in [4.69, 9.17) is 23.2 Å². The van der Waals surface area contributed by atoms with Crippen LogP contribution in [0.3, 0.4) is 0 Å². The predicted octanol–water partition coefficient (Wildman–Crippen LogP) is 4.45. The quantitative estimate of drug-likeness (QED) is 0.815. The fraction of sp³-hybridized carbons (Fsp3) is 0.294. The molecular weight excluding hydrogens is 322 g/mol. The van der Waals surface area contributed by atoms with Gasteiger partial charge in [0, 0.05) is 38.4 Å². The minimum Gasteiger partial charge on any atom is -0.369 e. The molecular formula is C17H17Cl2FN2. The van der Waals surface area contributed by atoms with Crippen molar-refractivity contribution in [3.05, 3.63) is 63.9 Å². The van der Waals surface area contributed by atoms with Crippen LogP contribution in [0.2, 0.25) is 10.0 Å². The first kappa shape index (κ1) is 15.6. The Hall–Kier alpha value is -1.29. The summed E-state index contributed by atoms with van der Waals surface area (Å²) in [6, 6.07) is 12.5. The van der Waals surface area contributed by atoms with Gasteiger partial charge in [0.05, 0.1) is 10.0 Å². The van der Waals surface area contributed by atoms with E-state index in [1.165, 1.54) is 17.7 Å². The second-order valence-corrected chi connectivity index (χ2v) is 6.30. The third kappa shape index (κ3) is 3.72. The van der Waals surface area contributed by atoms with E-state index in [9.17, 15) is 4.39 Å². The Morgan fingerprint density at radius 3 is 2.18 bits per heavy atom. The third-order valence-corrected chi connectivity index (χ3v) is 4.69. The number of piperazine rings is 1. The van der Waals surface area contributed by atoms with Crippen molar-refractivity contribution < 1.29 is 4.39 Å². The van der Waals surface area contributed by atoms with Gasteiger partial charge in [0.1, 0.15) is 5.82 Å². The van der Waals surface area contributed by atoms with E-state index in [-0.39, 0.29) is 5.82 Å². The summed E-state index contributed by atoms with van der Waals surface area (Å²) in [5, 5.41) is 1.19. The molecule has 22 heavy (non-hydrogen) atoms. The predicted molar refractivity (Wildman–Crippen MR) is 90.4 cm³/mol. The van der Waals surface area contributed by atoms with Crippen LogP contribution in [0.1, 0.15) is 5.56 Å². The third-order valence-electron chi connectivity index (χ3n) is 3.95. The molecule has 116 valence electrons. The average molecular weight is 339 g/mol. The van der Waals surface area contributed by atoms with Gasteiger partial charge in [0.25, 0.3) is 0 Å². The Kier molecular flexibility index (Phi) is 4.87. The molecule has 0 bridgehead atoms. The first-order valence-corrected chi connectivity index (χ1v) is 8.04. The lowest BCUT2D eigenvalue weighted by Gasteiger charge is -2.36. The minimum atomic E-state index is -0.193. The van der Waals surface area contributed by atoms with Gasteiger partial charge in [0.15, 0.2) is 0 Å². The molecule has 0 atom stereocenters. The molecule has 1 saturated heterocycles. The summed E-state index contributed by atoms with van der Waals surface area (Å²) in [5.74, 6) is -0.193. The van der Waals surface area contributed by atoms with Crippen LogP contribution in [-0.4, -0.2) is 31.1 Å². The molecule has 0 unspecified atom stereocenters. The molecule has 1 heterocycles. The second kappa shape index (κ2) is 6.86. The second-order valence-electron chi connectivity index (χ2n) is 5.49. The van der Waals surface area contributed by atoms with Gasteiger partial charge in [0.2, 0.25) is 0 Å². The molecule has 2 aromatic carbocycles. The van der Waals surface area contributed by atoms with E-state index in [0.29, 0.717) is 10.0 Å². The number of hydrogen-bond donors (Lipinski definition) is 0. The molecule has 0 spiro atoms. The van der Waals surface area contributed by atoms with Crippen molar-refractivity contribution in [1.29, 1.82) is 0 Å². The van der Waals surface area contributed by atoms with E-state index < -0.39 is 0 Å². The minimum absolute atomic E-state index is 0.193. The van der Waals surface area contributed by atoms with Crippen LogP contribution in [0.5, 0.6) is 0 Å². The Balaban J connectivity index is 1.57. The highest BCUT2D eigenvalue weighted by Gasteiger charge is 2.17. The van der Waals surface area contributed by atoms with E-state index in [2.05, 4.69) is 9.80 Å². The highest BCUT2D eigenvalue weighted by molar-refractivity contribution is 6.42. The Morgan fingerprint density at radius 1 is 0.864 bits per heavy atom. The first-order valence-electron chi connectivity index (χ1n) is 7.28. The lowest BCUT2D eigenvalue weighted by molar-refractivity contribution is 0.250. The van der Waals surface area contributed by atoms with E-state index >= 15 is 0 Å². The SMILES string of the molecule is Fc1ccc(N2CCN(Cc3ccc(Cl)c(Cl)c3)CC2)cc1. The molecule has 0 aromatic heterocycles. The Bertz CT molecular complexity index is 638. The van der Waals surface area contributed by atoms with Crippen molar-refractivity contribution in [1.82, 2.24) is 4.90 Å². The summed E-state index contributed by atoms with van der Waals surface area (Å²) in [6.45, 7) is 4.68. The van der Waals surface area contributed by atoms with Crippen molar-refractivity contribution in [2.24, 2.45) is 0 Å². The molecule has 3 rings (SSSR count). The number of halogens is 3. The molecule has 2 nitrogen and oxygen atoms in total. The van der Waals surface area contributed by atoms with Crippen LogP contribution in [0.15, 0.2) is 42.5 Å². The van der Waals surface area contributed by atoms with Crippen molar-refractivity contribution in [3.63, 3.8) is 0 Å². The summed E-state index contributed by atoms with van der Waals surface area (Å²) in [7, 11) is 0. The standard InChI is InChI=1S/C17H17Cl2FN2/c18-16-6-1-13(11-17(16)19)12-21-7-9-22(10-8-21)15-4-2-14(20)3-5-15/h1-6,11H,7-10,12H2. The van der Waals surface area contributed by atoms with Gasteiger partial charge in [-0.15, -0.1) is 0 Å². The van der Waals surface area contributed by atoms with Crippen molar-refractivity contribution in [3.8, 4) is 0 Å². The molecule has 1 aliphatic rings. The maximum Gasteiger partial charge on any atom is 0.123 e. The zero-order valence-electron chi connectivity index (χ0n) is 12.1. The normalized spacial score (nSPS) is 16.0. The number of nitrogens with zero attached hydrogens (tertiary/aromatic N) is 2. The van der Waals surface area contributed by atoms with Gasteiger partial charge in [-0.3, -0.25) is 4.90 Å². The van der Waals surface area contributed by atoms with Crippen LogP contribution >= 0.6 is 23.2 Å². The lowest BCUT2D eigenvalue weighted by Crippen LogP contribution is -2.45. The highest BCUT2D eigenvalue weighted by atomic mass is 35.5. The molecule has 0 saturated carbocycles. The molecule has 5 heteroatoms. The molecule has 2 aromatic rings. The Morgan fingerprint density at radius 2 is 1.55 bits per heavy atom. The van der Waals surface area contributed by atoms with Gasteiger partial charge in [-0.25, -0.2) is 4.39 Å². The Labute approximate surface area is 140 Å². The highest BCUT2D eigenvalue weighted by Crippen LogP contribution is 2.24. The number of benzene rings is 2. The van der Waals surface area contributed by atoms with E-state index in [1.54, 1.807) is 0 Å². The topological polar surface area (TPSA) is 6.48 Å².